The highest BCUT2D eigenvalue weighted by Gasteiger charge is 2.19. The van der Waals surface area contributed by atoms with Gasteiger partial charge in [0.2, 0.25) is 0 Å². The van der Waals surface area contributed by atoms with Crippen molar-refractivity contribution in [1.29, 1.82) is 0 Å². The zero-order valence-corrected chi connectivity index (χ0v) is 18.5. The Hall–Kier alpha value is -2.73. The molecule has 0 saturated carbocycles. The van der Waals surface area contributed by atoms with E-state index < -0.39 is 0 Å². The Balaban J connectivity index is 1.92. The molecule has 0 fully saturated rings. The second-order valence-electron chi connectivity index (χ2n) is 7.21. The summed E-state index contributed by atoms with van der Waals surface area (Å²) in [7, 11) is 0. The second kappa shape index (κ2) is 7.51. The first-order valence-corrected chi connectivity index (χ1v) is 11.1. The Labute approximate surface area is 187 Å². The first-order valence-electron chi connectivity index (χ1n) is 9.52. The molecule has 148 valence electrons. The highest BCUT2D eigenvalue weighted by atomic mass is 35.5. The van der Waals surface area contributed by atoms with Crippen LogP contribution in [0.4, 0.5) is 0 Å². The smallest absolute Gasteiger partial charge is 0.261 e. The van der Waals surface area contributed by atoms with Crippen molar-refractivity contribution < 1.29 is 0 Å². The molecule has 0 atom stereocenters. The van der Waals surface area contributed by atoms with Crippen molar-refractivity contribution in [2.45, 2.75) is 13.5 Å². The van der Waals surface area contributed by atoms with Gasteiger partial charge >= 0.3 is 0 Å². The molecule has 0 saturated heterocycles. The van der Waals surface area contributed by atoms with Gasteiger partial charge in [0.15, 0.2) is 3.95 Å². The summed E-state index contributed by atoms with van der Waals surface area (Å²) in [4.78, 5) is 14.6. The summed E-state index contributed by atoms with van der Waals surface area (Å²) in [6.45, 7) is 2.52. The minimum absolute atomic E-state index is 0.0248. The molecule has 0 aliphatic carbocycles. The minimum atomic E-state index is -0.0248. The topological polar surface area (TPSA) is 26.4 Å². The summed E-state index contributed by atoms with van der Waals surface area (Å²) in [6.07, 6.45) is 0. The molecular formula is C24H17ClN2OS2. The van der Waals surface area contributed by atoms with Crippen LogP contribution in [0.25, 0.3) is 27.0 Å². The third-order valence-electron chi connectivity index (χ3n) is 5.31. The van der Waals surface area contributed by atoms with E-state index in [0.29, 0.717) is 17.0 Å². The van der Waals surface area contributed by atoms with Gasteiger partial charge in [-0.15, -0.1) is 11.3 Å². The van der Waals surface area contributed by atoms with Crippen LogP contribution in [-0.2, 0) is 6.54 Å². The van der Waals surface area contributed by atoms with Crippen molar-refractivity contribution in [3.05, 3.63) is 103 Å². The van der Waals surface area contributed by atoms with Crippen LogP contribution in [-0.4, -0.2) is 8.97 Å². The SMILES string of the molecule is Cc1ccccc1-c1sc(=S)n2c3ccccc3c(=O)n(Cc3ccc(Cl)cc3)c12. The number of rotatable bonds is 3. The number of hydrogen-bond acceptors (Lipinski definition) is 3. The molecule has 5 aromatic rings. The van der Waals surface area contributed by atoms with Gasteiger partial charge in [0.05, 0.1) is 22.3 Å². The minimum Gasteiger partial charge on any atom is -0.288 e. The van der Waals surface area contributed by atoms with Crippen LogP contribution in [0.5, 0.6) is 0 Å². The fourth-order valence-electron chi connectivity index (χ4n) is 3.84. The number of hydrogen-bond donors (Lipinski definition) is 0. The van der Waals surface area contributed by atoms with Crippen molar-refractivity contribution in [2.75, 3.05) is 0 Å². The van der Waals surface area contributed by atoms with Crippen LogP contribution in [0.1, 0.15) is 11.1 Å². The Morgan fingerprint density at radius 1 is 0.967 bits per heavy atom. The van der Waals surface area contributed by atoms with Gasteiger partial charge in [0.25, 0.3) is 5.56 Å². The zero-order chi connectivity index (χ0) is 20.8. The Kier molecular flexibility index (Phi) is 4.82. The van der Waals surface area contributed by atoms with Crippen LogP contribution in [0.2, 0.25) is 5.02 Å². The molecule has 0 radical (unpaired) electrons. The predicted molar refractivity (Wildman–Crippen MR) is 129 cm³/mol. The van der Waals surface area contributed by atoms with Crippen molar-refractivity contribution in [1.82, 2.24) is 8.97 Å². The molecule has 2 heterocycles. The van der Waals surface area contributed by atoms with E-state index in [0.717, 1.165) is 36.7 Å². The molecule has 6 heteroatoms. The van der Waals surface area contributed by atoms with E-state index in [1.165, 1.54) is 0 Å². The number of halogens is 1. The highest BCUT2D eigenvalue weighted by molar-refractivity contribution is 7.73. The number of aryl methyl sites for hydroxylation is 1. The molecular weight excluding hydrogens is 432 g/mol. The molecule has 0 amide bonds. The fraction of sp³-hybridized carbons (Fsp3) is 0.0833. The highest BCUT2D eigenvalue weighted by Crippen LogP contribution is 2.35. The van der Waals surface area contributed by atoms with E-state index in [1.54, 1.807) is 11.3 Å². The summed E-state index contributed by atoms with van der Waals surface area (Å²) in [5, 5.41) is 1.33. The van der Waals surface area contributed by atoms with E-state index in [1.807, 2.05) is 69.6 Å². The first-order chi connectivity index (χ1) is 14.5. The van der Waals surface area contributed by atoms with Gasteiger partial charge in [-0.25, -0.2) is 0 Å². The summed E-state index contributed by atoms with van der Waals surface area (Å²) in [5.74, 6) is 0. The maximum absolute atomic E-state index is 13.6. The van der Waals surface area contributed by atoms with Gasteiger partial charge in [0, 0.05) is 5.02 Å². The molecule has 2 aromatic heterocycles. The van der Waals surface area contributed by atoms with Crippen LogP contribution < -0.4 is 5.56 Å². The van der Waals surface area contributed by atoms with Gasteiger partial charge < -0.3 is 0 Å². The van der Waals surface area contributed by atoms with E-state index in [9.17, 15) is 4.79 Å². The molecule has 3 nitrogen and oxygen atoms in total. The Morgan fingerprint density at radius 2 is 1.67 bits per heavy atom. The number of fused-ring (bicyclic) bond motifs is 3. The number of benzene rings is 3. The molecule has 0 unspecified atom stereocenters. The lowest BCUT2D eigenvalue weighted by Crippen LogP contribution is -2.23. The van der Waals surface area contributed by atoms with Crippen molar-refractivity contribution in [3.63, 3.8) is 0 Å². The van der Waals surface area contributed by atoms with Crippen molar-refractivity contribution in [3.8, 4) is 10.4 Å². The van der Waals surface area contributed by atoms with E-state index in [2.05, 4.69) is 19.1 Å². The maximum atomic E-state index is 13.6. The van der Waals surface area contributed by atoms with Crippen molar-refractivity contribution in [2.24, 2.45) is 0 Å². The lowest BCUT2D eigenvalue weighted by molar-refractivity contribution is 0.781. The van der Waals surface area contributed by atoms with Gasteiger partial charge in [-0.3, -0.25) is 13.8 Å². The van der Waals surface area contributed by atoms with Gasteiger partial charge in [-0.05, 0) is 60.1 Å². The fourth-order valence-corrected chi connectivity index (χ4v) is 5.48. The number of aromatic nitrogens is 2. The van der Waals surface area contributed by atoms with Crippen LogP contribution >= 0.6 is 35.2 Å². The quantitative estimate of drug-likeness (QED) is 0.286. The maximum Gasteiger partial charge on any atom is 0.261 e. The second-order valence-corrected chi connectivity index (χ2v) is 9.29. The number of nitrogens with zero attached hydrogens (tertiary/aromatic N) is 2. The first kappa shape index (κ1) is 19.2. The third kappa shape index (κ3) is 3.10. The van der Waals surface area contributed by atoms with E-state index >= 15 is 0 Å². The van der Waals surface area contributed by atoms with Crippen LogP contribution in [0.3, 0.4) is 0 Å². The summed E-state index contributed by atoms with van der Waals surface area (Å²) in [5.41, 5.74) is 4.89. The largest absolute Gasteiger partial charge is 0.288 e. The Morgan fingerprint density at radius 3 is 2.43 bits per heavy atom. The molecule has 5 rings (SSSR count). The summed E-state index contributed by atoms with van der Waals surface area (Å²) in [6, 6.07) is 23.5. The molecule has 0 N–H and O–H groups in total. The van der Waals surface area contributed by atoms with E-state index in [4.69, 9.17) is 23.8 Å². The molecule has 3 aromatic carbocycles. The number of thiazole rings is 1. The predicted octanol–water partition coefficient (Wildman–Crippen LogP) is 6.72. The average molecular weight is 449 g/mol. The summed E-state index contributed by atoms with van der Waals surface area (Å²) < 4.78 is 4.60. The lowest BCUT2D eigenvalue weighted by atomic mass is 10.1. The normalized spacial score (nSPS) is 11.4. The monoisotopic (exact) mass is 448 g/mol. The third-order valence-corrected chi connectivity index (χ3v) is 6.96. The van der Waals surface area contributed by atoms with Crippen LogP contribution in [0, 0.1) is 10.9 Å². The number of para-hydroxylation sites is 1. The molecule has 0 spiro atoms. The Bertz CT molecular complexity index is 1530. The van der Waals surface area contributed by atoms with Gasteiger partial charge in [-0.1, -0.05) is 60.1 Å². The lowest BCUT2D eigenvalue weighted by Gasteiger charge is -2.14. The molecule has 30 heavy (non-hydrogen) atoms. The van der Waals surface area contributed by atoms with Crippen molar-refractivity contribution >= 4 is 51.7 Å². The zero-order valence-electron chi connectivity index (χ0n) is 16.1. The molecule has 0 aliphatic heterocycles. The average Bonchev–Trinajstić information content (AvgIpc) is 3.10. The molecule has 0 bridgehead atoms. The standard InChI is InChI=1S/C24H17ClN2OS2/c1-15-6-2-3-7-18(15)21-22-26(14-16-10-12-17(25)13-11-16)23(28)19-8-4-5-9-20(19)27(22)24(29)30-21/h2-13H,14H2,1H3. The van der Waals surface area contributed by atoms with Crippen LogP contribution in [0.15, 0.2) is 77.6 Å². The van der Waals surface area contributed by atoms with Gasteiger partial charge in [0.1, 0.15) is 5.65 Å². The summed E-state index contributed by atoms with van der Waals surface area (Å²) >= 11 is 13.4. The van der Waals surface area contributed by atoms with Gasteiger partial charge in [-0.2, -0.15) is 0 Å². The molecule has 0 aliphatic rings. The van der Waals surface area contributed by atoms with E-state index in [-0.39, 0.29) is 5.56 Å².